The highest BCUT2D eigenvalue weighted by molar-refractivity contribution is 8.01. The van der Waals surface area contributed by atoms with E-state index in [-0.39, 0.29) is 5.37 Å². The SMILES string of the molecule is N#Cc1ccccc1Cn1cc([C@H]2NC[C@@H](C(=O)O)S2)c2ccccc21. The zero-order valence-corrected chi connectivity index (χ0v) is 14.7. The third kappa shape index (κ3) is 2.96. The minimum Gasteiger partial charge on any atom is -0.480 e. The lowest BCUT2D eigenvalue weighted by Crippen LogP contribution is -2.21. The molecule has 0 unspecified atom stereocenters. The minimum absolute atomic E-state index is 0.0477. The van der Waals surface area contributed by atoms with Crippen molar-refractivity contribution in [2.45, 2.75) is 17.2 Å². The van der Waals surface area contributed by atoms with Crippen molar-refractivity contribution < 1.29 is 9.90 Å². The van der Waals surface area contributed by atoms with Crippen LogP contribution in [0.2, 0.25) is 0 Å². The van der Waals surface area contributed by atoms with Gasteiger partial charge in [-0.25, -0.2) is 0 Å². The number of para-hydroxylation sites is 1. The molecule has 0 amide bonds. The van der Waals surface area contributed by atoms with E-state index in [1.165, 1.54) is 11.8 Å². The van der Waals surface area contributed by atoms with Crippen LogP contribution < -0.4 is 5.32 Å². The number of hydrogen-bond donors (Lipinski definition) is 2. The van der Waals surface area contributed by atoms with Crippen molar-refractivity contribution in [3.63, 3.8) is 0 Å². The molecular formula is C20H17N3O2S. The van der Waals surface area contributed by atoms with Crippen LogP contribution in [-0.2, 0) is 11.3 Å². The van der Waals surface area contributed by atoms with E-state index in [1.54, 1.807) is 0 Å². The highest BCUT2D eigenvalue weighted by atomic mass is 32.2. The Kier molecular flexibility index (Phi) is 4.41. The van der Waals surface area contributed by atoms with Gasteiger partial charge in [0.25, 0.3) is 0 Å². The molecule has 1 fully saturated rings. The third-order valence-electron chi connectivity index (χ3n) is 4.64. The number of rotatable bonds is 4. The first-order valence-corrected chi connectivity index (χ1v) is 9.29. The number of carboxylic acid groups (broad SMARTS) is 1. The lowest BCUT2D eigenvalue weighted by atomic mass is 10.1. The first-order chi connectivity index (χ1) is 12.7. The average Bonchev–Trinajstić information content (AvgIpc) is 3.28. The fourth-order valence-corrected chi connectivity index (χ4v) is 4.53. The molecule has 4 rings (SSSR count). The number of nitriles is 1. The largest absolute Gasteiger partial charge is 0.480 e. The lowest BCUT2D eigenvalue weighted by Gasteiger charge is -2.08. The molecule has 3 aromatic rings. The third-order valence-corrected chi connectivity index (χ3v) is 6.03. The van der Waals surface area contributed by atoms with Gasteiger partial charge in [0, 0.05) is 35.8 Å². The molecule has 130 valence electrons. The van der Waals surface area contributed by atoms with Gasteiger partial charge in [0.15, 0.2) is 0 Å². The summed E-state index contributed by atoms with van der Waals surface area (Å²) in [6.07, 6.45) is 2.08. The predicted molar refractivity (Wildman–Crippen MR) is 102 cm³/mol. The average molecular weight is 363 g/mol. The van der Waals surface area contributed by atoms with E-state index in [4.69, 9.17) is 0 Å². The van der Waals surface area contributed by atoms with Crippen molar-refractivity contribution in [3.05, 3.63) is 71.4 Å². The van der Waals surface area contributed by atoms with E-state index in [9.17, 15) is 15.2 Å². The van der Waals surface area contributed by atoms with E-state index in [2.05, 4.69) is 34.3 Å². The zero-order chi connectivity index (χ0) is 18.1. The number of aromatic nitrogens is 1. The summed E-state index contributed by atoms with van der Waals surface area (Å²) in [4.78, 5) is 11.3. The summed E-state index contributed by atoms with van der Waals surface area (Å²) >= 11 is 1.44. The van der Waals surface area contributed by atoms with Gasteiger partial charge in [0.05, 0.1) is 17.0 Å². The number of benzene rings is 2. The maximum Gasteiger partial charge on any atom is 0.318 e. The maximum atomic E-state index is 11.3. The molecule has 0 radical (unpaired) electrons. The van der Waals surface area contributed by atoms with Gasteiger partial charge in [0.2, 0.25) is 0 Å². The number of thioether (sulfide) groups is 1. The van der Waals surface area contributed by atoms with Crippen molar-refractivity contribution in [2.75, 3.05) is 6.54 Å². The Morgan fingerprint density at radius 2 is 2.04 bits per heavy atom. The molecule has 1 aliphatic rings. The first-order valence-electron chi connectivity index (χ1n) is 8.35. The van der Waals surface area contributed by atoms with E-state index in [0.717, 1.165) is 22.0 Å². The van der Waals surface area contributed by atoms with Crippen LogP contribution in [0.1, 0.15) is 22.1 Å². The normalized spacial score (nSPS) is 19.5. The van der Waals surface area contributed by atoms with Crippen LogP contribution in [0.5, 0.6) is 0 Å². The molecule has 2 aromatic carbocycles. The van der Waals surface area contributed by atoms with E-state index < -0.39 is 11.2 Å². The molecule has 2 N–H and O–H groups in total. The number of carbonyl (C=O) groups is 1. The highest BCUT2D eigenvalue weighted by Crippen LogP contribution is 2.39. The fourth-order valence-electron chi connectivity index (χ4n) is 3.37. The molecule has 0 spiro atoms. The Morgan fingerprint density at radius 1 is 1.27 bits per heavy atom. The van der Waals surface area contributed by atoms with E-state index >= 15 is 0 Å². The molecule has 0 saturated carbocycles. The Hall–Kier alpha value is -2.75. The Balaban J connectivity index is 1.73. The van der Waals surface area contributed by atoms with Gasteiger partial charge < -0.3 is 9.67 Å². The van der Waals surface area contributed by atoms with Crippen LogP contribution in [0, 0.1) is 11.3 Å². The fraction of sp³-hybridized carbons (Fsp3) is 0.200. The van der Waals surface area contributed by atoms with Crippen molar-refractivity contribution >= 4 is 28.6 Å². The van der Waals surface area contributed by atoms with Gasteiger partial charge >= 0.3 is 5.97 Å². The molecule has 2 atom stereocenters. The second kappa shape index (κ2) is 6.87. The molecule has 26 heavy (non-hydrogen) atoms. The van der Waals surface area contributed by atoms with Gasteiger partial charge in [-0.3, -0.25) is 10.1 Å². The molecular weight excluding hydrogens is 346 g/mol. The Labute approximate surface area is 155 Å². The zero-order valence-electron chi connectivity index (χ0n) is 13.9. The molecule has 6 heteroatoms. The summed E-state index contributed by atoms with van der Waals surface area (Å²) in [7, 11) is 0. The van der Waals surface area contributed by atoms with Crippen molar-refractivity contribution in [3.8, 4) is 6.07 Å². The summed E-state index contributed by atoms with van der Waals surface area (Å²) in [6, 6.07) is 18.0. The highest BCUT2D eigenvalue weighted by Gasteiger charge is 2.32. The second-order valence-corrected chi connectivity index (χ2v) is 7.56. The van der Waals surface area contributed by atoms with Gasteiger partial charge in [-0.1, -0.05) is 36.4 Å². The Morgan fingerprint density at radius 3 is 2.81 bits per heavy atom. The summed E-state index contributed by atoms with van der Waals surface area (Å²) in [5.41, 5.74) is 3.81. The monoisotopic (exact) mass is 363 g/mol. The predicted octanol–water partition coefficient (Wildman–Crippen LogP) is 3.35. The molecule has 0 aliphatic carbocycles. The smallest absolute Gasteiger partial charge is 0.318 e. The van der Waals surface area contributed by atoms with Crippen LogP contribution in [0.25, 0.3) is 10.9 Å². The number of carboxylic acids is 1. The Bertz CT molecular complexity index is 1020. The molecule has 1 aliphatic heterocycles. The number of nitrogens with one attached hydrogen (secondary N) is 1. The lowest BCUT2D eigenvalue weighted by molar-refractivity contribution is -0.136. The van der Waals surface area contributed by atoms with Crippen molar-refractivity contribution in [1.82, 2.24) is 9.88 Å². The van der Waals surface area contributed by atoms with Crippen LogP contribution in [0.3, 0.4) is 0 Å². The van der Waals surface area contributed by atoms with Gasteiger partial charge in [-0.15, -0.1) is 11.8 Å². The molecule has 5 nitrogen and oxygen atoms in total. The number of nitrogens with zero attached hydrogens (tertiary/aromatic N) is 2. The molecule has 1 aromatic heterocycles. The summed E-state index contributed by atoms with van der Waals surface area (Å²) < 4.78 is 2.14. The number of hydrogen-bond acceptors (Lipinski definition) is 4. The quantitative estimate of drug-likeness (QED) is 0.743. The number of aliphatic carboxylic acids is 1. The van der Waals surface area contributed by atoms with Crippen LogP contribution in [0.15, 0.2) is 54.7 Å². The minimum atomic E-state index is -0.781. The molecule has 0 bridgehead atoms. The van der Waals surface area contributed by atoms with Crippen molar-refractivity contribution in [2.24, 2.45) is 0 Å². The van der Waals surface area contributed by atoms with E-state index in [0.29, 0.717) is 18.7 Å². The van der Waals surface area contributed by atoms with Crippen LogP contribution in [0.4, 0.5) is 0 Å². The summed E-state index contributed by atoms with van der Waals surface area (Å²) in [5, 5.41) is 22.5. The second-order valence-electron chi connectivity index (χ2n) is 6.25. The molecule has 2 heterocycles. The first kappa shape index (κ1) is 16.7. The van der Waals surface area contributed by atoms with Gasteiger partial charge in [-0.05, 0) is 17.7 Å². The number of fused-ring (bicyclic) bond motifs is 1. The maximum absolute atomic E-state index is 11.3. The van der Waals surface area contributed by atoms with Crippen LogP contribution >= 0.6 is 11.8 Å². The topological polar surface area (TPSA) is 78.0 Å². The van der Waals surface area contributed by atoms with Crippen LogP contribution in [-0.4, -0.2) is 27.4 Å². The van der Waals surface area contributed by atoms with Crippen molar-refractivity contribution in [1.29, 1.82) is 5.26 Å². The van der Waals surface area contributed by atoms with Gasteiger partial charge in [0.1, 0.15) is 5.25 Å². The van der Waals surface area contributed by atoms with E-state index in [1.807, 2.05) is 36.4 Å². The van der Waals surface area contributed by atoms with Gasteiger partial charge in [-0.2, -0.15) is 5.26 Å². The molecule has 1 saturated heterocycles. The summed E-state index contributed by atoms with van der Waals surface area (Å²) in [6.45, 7) is 1.06. The summed E-state index contributed by atoms with van der Waals surface area (Å²) in [5.74, 6) is -0.781. The standard InChI is InChI=1S/C20H17N3O2S/c21-9-13-5-1-2-6-14(13)11-23-12-16(15-7-3-4-8-17(15)23)19-22-10-18(26-19)20(24)25/h1-8,12,18-19,22H,10-11H2,(H,24,25)/t18-,19-/m0/s1.